The van der Waals surface area contributed by atoms with Gasteiger partial charge in [0.15, 0.2) is 6.61 Å². The SMILES string of the molecule is O=C(COC(=O)c1ccc(-c2ncc[nH]2)cc1)NCc1ccc(F)cc1. The van der Waals surface area contributed by atoms with Crippen molar-refractivity contribution in [2.75, 3.05) is 6.61 Å². The van der Waals surface area contributed by atoms with E-state index in [1.807, 2.05) is 0 Å². The van der Waals surface area contributed by atoms with E-state index in [9.17, 15) is 14.0 Å². The van der Waals surface area contributed by atoms with Crippen LogP contribution in [-0.2, 0) is 16.1 Å². The zero-order chi connectivity index (χ0) is 18.4. The normalized spacial score (nSPS) is 10.3. The molecule has 1 heterocycles. The lowest BCUT2D eigenvalue weighted by atomic mass is 10.1. The van der Waals surface area contributed by atoms with Crippen molar-refractivity contribution in [3.05, 3.63) is 77.9 Å². The minimum absolute atomic E-state index is 0.231. The molecule has 0 aliphatic carbocycles. The Morgan fingerprint density at radius 1 is 1.08 bits per heavy atom. The Morgan fingerprint density at radius 2 is 1.81 bits per heavy atom. The number of carbonyl (C=O) groups excluding carboxylic acids is 2. The summed E-state index contributed by atoms with van der Waals surface area (Å²) in [6.07, 6.45) is 3.35. The first-order valence-electron chi connectivity index (χ1n) is 7.90. The number of halogens is 1. The first kappa shape index (κ1) is 17.3. The minimum Gasteiger partial charge on any atom is -0.452 e. The number of hydrogen-bond donors (Lipinski definition) is 2. The molecule has 0 saturated heterocycles. The average Bonchev–Trinajstić information content (AvgIpc) is 3.20. The Kier molecular flexibility index (Phi) is 5.38. The number of benzene rings is 2. The van der Waals surface area contributed by atoms with E-state index in [4.69, 9.17) is 4.74 Å². The van der Waals surface area contributed by atoms with Crippen LogP contribution in [0.5, 0.6) is 0 Å². The molecule has 1 amide bonds. The second-order valence-electron chi connectivity index (χ2n) is 5.49. The predicted molar refractivity (Wildman–Crippen MR) is 92.6 cm³/mol. The molecule has 3 aromatic rings. The van der Waals surface area contributed by atoms with Crippen LogP contribution in [-0.4, -0.2) is 28.5 Å². The topological polar surface area (TPSA) is 84.1 Å². The fourth-order valence-electron chi connectivity index (χ4n) is 2.26. The number of aromatic amines is 1. The lowest BCUT2D eigenvalue weighted by Gasteiger charge is -2.07. The van der Waals surface area contributed by atoms with E-state index in [-0.39, 0.29) is 19.0 Å². The van der Waals surface area contributed by atoms with Crippen LogP contribution in [0.2, 0.25) is 0 Å². The summed E-state index contributed by atoms with van der Waals surface area (Å²) in [5.74, 6) is -0.667. The second-order valence-corrected chi connectivity index (χ2v) is 5.49. The van der Waals surface area contributed by atoms with Gasteiger partial charge in [-0.15, -0.1) is 0 Å². The Morgan fingerprint density at radius 3 is 2.46 bits per heavy atom. The summed E-state index contributed by atoms with van der Waals surface area (Å²) < 4.78 is 17.8. The highest BCUT2D eigenvalue weighted by Crippen LogP contribution is 2.15. The first-order valence-corrected chi connectivity index (χ1v) is 7.90. The largest absolute Gasteiger partial charge is 0.452 e. The molecule has 2 aromatic carbocycles. The molecule has 1 aromatic heterocycles. The van der Waals surface area contributed by atoms with Gasteiger partial charge in [-0.25, -0.2) is 14.2 Å². The van der Waals surface area contributed by atoms with E-state index < -0.39 is 11.9 Å². The van der Waals surface area contributed by atoms with Crippen LogP contribution in [0.4, 0.5) is 4.39 Å². The third-order valence-electron chi connectivity index (χ3n) is 3.63. The molecule has 132 valence electrons. The van der Waals surface area contributed by atoms with E-state index in [0.29, 0.717) is 11.4 Å². The number of esters is 1. The van der Waals surface area contributed by atoms with Gasteiger partial charge in [0.25, 0.3) is 5.91 Å². The predicted octanol–water partition coefficient (Wildman–Crippen LogP) is 2.69. The van der Waals surface area contributed by atoms with Crippen molar-refractivity contribution in [2.24, 2.45) is 0 Å². The van der Waals surface area contributed by atoms with E-state index in [1.165, 1.54) is 12.1 Å². The summed E-state index contributed by atoms with van der Waals surface area (Å²) in [5.41, 5.74) is 1.93. The van der Waals surface area contributed by atoms with Gasteiger partial charge >= 0.3 is 5.97 Å². The molecule has 0 spiro atoms. The van der Waals surface area contributed by atoms with Gasteiger partial charge < -0.3 is 15.0 Å². The molecular weight excluding hydrogens is 337 g/mol. The molecule has 6 nitrogen and oxygen atoms in total. The summed E-state index contributed by atoms with van der Waals surface area (Å²) in [7, 11) is 0. The van der Waals surface area contributed by atoms with Crippen molar-refractivity contribution >= 4 is 11.9 Å². The summed E-state index contributed by atoms with van der Waals surface area (Å²) in [5, 5.41) is 2.60. The molecule has 0 radical (unpaired) electrons. The number of aromatic nitrogens is 2. The van der Waals surface area contributed by atoms with Crippen LogP contribution in [0.1, 0.15) is 15.9 Å². The number of nitrogens with zero attached hydrogens (tertiary/aromatic N) is 1. The van der Waals surface area contributed by atoms with Crippen LogP contribution in [0.25, 0.3) is 11.4 Å². The fraction of sp³-hybridized carbons (Fsp3) is 0.105. The van der Waals surface area contributed by atoms with Crippen LogP contribution >= 0.6 is 0 Å². The standard InChI is InChI=1S/C19H16FN3O3/c20-16-7-1-13(2-8-16)11-23-17(24)12-26-19(25)15-5-3-14(4-6-15)18-21-9-10-22-18/h1-10H,11-12H2,(H,21,22)(H,23,24). The molecular formula is C19H16FN3O3. The second kappa shape index (κ2) is 8.06. The quantitative estimate of drug-likeness (QED) is 0.668. The molecule has 26 heavy (non-hydrogen) atoms. The summed E-state index contributed by atoms with van der Waals surface area (Å²) >= 11 is 0. The van der Waals surface area contributed by atoms with Gasteiger partial charge in [0, 0.05) is 24.5 Å². The molecule has 2 N–H and O–H groups in total. The molecule has 3 rings (SSSR count). The van der Waals surface area contributed by atoms with Gasteiger partial charge in [0.05, 0.1) is 5.56 Å². The fourth-order valence-corrected chi connectivity index (χ4v) is 2.26. The van der Waals surface area contributed by atoms with Gasteiger partial charge in [-0.05, 0) is 29.8 Å². The van der Waals surface area contributed by atoms with Crippen molar-refractivity contribution in [1.82, 2.24) is 15.3 Å². The highest BCUT2D eigenvalue weighted by molar-refractivity contribution is 5.91. The molecule has 0 saturated carbocycles. The lowest BCUT2D eigenvalue weighted by Crippen LogP contribution is -2.28. The number of hydrogen-bond acceptors (Lipinski definition) is 4. The molecule has 7 heteroatoms. The van der Waals surface area contributed by atoms with E-state index >= 15 is 0 Å². The maximum absolute atomic E-state index is 12.8. The Labute approximate surface area is 149 Å². The van der Waals surface area contributed by atoms with Gasteiger partial charge in [-0.3, -0.25) is 4.79 Å². The maximum atomic E-state index is 12.8. The number of ether oxygens (including phenoxy) is 1. The molecule has 0 aliphatic heterocycles. The molecule has 0 aliphatic rings. The highest BCUT2D eigenvalue weighted by Gasteiger charge is 2.11. The number of amides is 1. The van der Waals surface area contributed by atoms with Crippen LogP contribution in [0, 0.1) is 5.82 Å². The van der Waals surface area contributed by atoms with Crippen LogP contribution in [0.15, 0.2) is 60.9 Å². The van der Waals surface area contributed by atoms with Crippen molar-refractivity contribution in [2.45, 2.75) is 6.54 Å². The van der Waals surface area contributed by atoms with E-state index in [1.54, 1.807) is 48.8 Å². The molecule has 0 bridgehead atoms. The van der Waals surface area contributed by atoms with Crippen molar-refractivity contribution in [1.29, 1.82) is 0 Å². The van der Waals surface area contributed by atoms with E-state index in [0.717, 1.165) is 11.1 Å². The zero-order valence-corrected chi connectivity index (χ0v) is 13.7. The number of imidazole rings is 1. The Balaban J connectivity index is 1.47. The zero-order valence-electron chi connectivity index (χ0n) is 13.7. The molecule has 0 unspecified atom stereocenters. The maximum Gasteiger partial charge on any atom is 0.338 e. The third kappa shape index (κ3) is 4.54. The minimum atomic E-state index is -0.590. The average molecular weight is 353 g/mol. The van der Waals surface area contributed by atoms with Crippen LogP contribution < -0.4 is 5.32 Å². The lowest BCUT2D eigenvalue weighted by molar-refractivity contribution is -0.124. The number of nitrogens with one attached hydrogen (secondary N) is 2. The van der Waals surface area contributed by atoms with Gasteiger partial charge in [0.2, 0.25) is 0 Å². The molecule has 0 fully saturated rings. The number of carbonyl (C=O) groups is 2. The van der Waals surface area contributed by atoms with Gasteiger partial charge in [0.1, 0.15) is 11.6 Å². The van der Waals surface area contributed by atoms with Gasteiger partial charge in [-0.1, -0.05) is 24.3 Å². The van der Waals surface area contributed by atoms with Crippen molar-refractivity contribution < 1.29 is 18.7 Å². The summed E-state index contributed by atoms with van der Waals surface area (Å²) in [6, 6.07) is 12.5. The highest BCUT2D eigenvalue weighted by atomic mass is 19.1. The van der Waals surface area contributed by atoms with E-state index in [2.05, 4.69) is 15.3 Å². The monoisotopic (exact) mass is 353 g/mol. The Hall–Kier alpha value is -3.48. The van der Waals surface area contributed by atoms with Crippen molar-refractivity contribution in [3.63, 3.8) is 0 Å². The van der Waals surface area contributed by atoms with Gasteiger partial charge in [-0.2, -0.15) is 0 Å². The number of H-pyrrole nitrogens is 1. The van der Waals surface area contributed by atoms with Crippen molar-refractivity contribution in [3.8, 4) is 11.4 Å². The summed E-state index contributed by atoms with van der Waals surface area (Å²) in [4.78, 5) is 30.8. The summed E-state index contributed by atoms with van der Waals surface area (Å²) in [6.45, 7) is -0.158. The number of rotatable bonds is 6. The first-order chi connectivity index (χ1) is 12.6. The molecule has 0 atom stereocenters. The Bertz CT molecular complexity index is 875. The third-order valence-corrected chi connectivity index (χ3v) is 3.63. The smallest absolute Gasteiger partial charge is 0.338 e. The van der Waals surface area contributed by atoms with Crippen LogP contribution in [0.3, 0.4) is 0 Å².